The third-order valence-corrected chi connectivity index (χ3v) is 27.7. The highest BCUT2D eigenvalue weighted by Gasteiger charge is 2.26. The lowest BCUT2D eigenvalue weighted by Crippen LogP contribution is -2.04. The van der Waals surface area contributed by atoms with Crippen molar-refractivity contribution >= 4 is 137 Å². The molecule has 27 rings (SSSR count). The second kappa shape index (κ2) is 35.9. The van der Waals surface area contributed by atoms with E-state index in [0.717, 1.165) is 205 Å². The Morgan fingerprint density at radius 3 is 0.671 bits per heavy atom. The number of benzene rings is 18. The number of pyridine rings is 3. The van der Waals surface area contributed by atoms with E-state index < -0.39 is 0 Å². The van der Waals surface area contributed by atoms with Crippen LogP contribution in [-0.4, -0.2) is 42.4 Å². The Morgan fingerprint density at radius 2 is 0.377 bits per heavy atom. The summed E-state index contributed by atoms with van der Waals surface area (Å²) in [6.07, 6.45) is 0. The van der Waals surface area contributed by atoms with E-state index in [1.54, 1.807) is 0 Å². The molecule has 0 saturated carbocycles. The van der Waals surface area contributed by atoms with Crippen LogP contribution in [0.5, 0.6) is 0 Å². The maximum atomic E-state index is 9.77. The van der Waals surface area contributed by atoms with E-state index in [1.165, 1.54) is 21.5 Å². The SMILES string of the molecule is N#Cc1ccc(-c2cccc(-c3cc(-n4c5ccccc5c5ccccc54)nc(-n4c5ccccc5c5cc(C#N)ccc54)c3)c2)cc1.N#Cc1cccc(-c2cccc(-c3cc(-n4c5ccccc5c5ccccc54)nc(-n4c5ccccc5c5cc(C#N)ccc54)c3)c2)c1.[C-]#[N+]c1ccccc1-c1cccc(-c2cc(-n3c4ccccc4c4ccccc43)nc(-n3c4ccc(C#N)cc4c4cc(C#N)ccc43)c2)c1. The van der Waals surface area contributed by atoms with Crippen LogP contribution in [-0.2, 0) is 0 Å². The first-order valence-corrected chi connectivity index (χ1v) is 47.6. The van der Waals surface area contributed by atoms with E-state index in [0.29, 0.717) is 44.9 Å². The number of para-hydroxylation sites is 9. The van der Waals surface area contributed by atoms with Gasteiger partial charge in [0.15, 0.2) is 5.69 Å². The lowest BCUT2D eigenvalue weighted by molar-refractivity contribution is 1.01. The van der Waals surface area contributed by atoms with Crippen molar-refractivity contribution in [1.29, 1.82) is 31.6 Å². The van der Waals surface area contributed by atoms with Crippen molar-refractivity contribution < 1.29 is 0 Å². The number of fused-ring (bicyclic) bond motifs is 18. The summed E-state index contributed by atoms with van der Waals surface area (Å²) < 4.78 is 13.2. The minimum absolute atomic E-state index is 0.545. The summed E-state index contributed by atoms with van der Waals surface area (Å²) in [6.45, 7) is 7.76. The zero-order valence-electron chi connectivity index (χ0n) is 77.9. The molecule has 0 saturated heterocycles. The normalized spacial score (nSPS) is 11.2. The summed E-state index contributed by atoms with van der Waals surface area (Å²) in [4.78, 5) is 20.0. The monoisotopic (exact) mass is 1860 g/mol. The van der Waals surface area contributed by atoms with Crippen molar-refractivity contribution in [2.24, 2.45) is 0 Å². The molecule has 0 bridgehead atoms. The van der Waals surface area contributed by atoms with Crippen LogP contribution in [0.2, 0.25) is 0 Å². The van der Waals surface area contributed by atoms with E-state index in [9.17, 15) is 31.6 Å². The van der Waals surface area contributed by atoms with E-state index in [1.807, 2.05) is 194 Å². The van der Waals surface area contributed by atoms with Gasteiger partial charge in [-0.25, -0.2) is 19.8 Å². The van der Waals surface area contributed by atoms with Gasteiger partial charge in [0.1, 0.15) is 34.9 Å². The highest BCUT2D eigenvalue weighted by molar-refractivity contribution is 6.15. The molecule has 9 aromatic heterocycles. The van der Waals surface area contributed by atoms with Gasteiger partial charge >= 0.3 is 0 Å². The Hall–Kier alpha value is -21.4. The van der Waals surface area contributed by atoms with Gasteiger partial charge in [0, 0.05) is 64.6 Å². The Morgan fingerprint density at radius 1 is 0.164 bits per heavy atom. The van der Waals surface area contributed by atoms with Crippen molar-refractivity contribution in [3.8, 4) is 138 Å². The van der Waals surface area contributed by atoms with Crippen molar-refractivity contribution in [2.45, 2.75) is 0 Å². The molecule has 0 aliphatic heterocycles. The first-order chi connectivity index (χ1) is 72.0. The molecule has 0 radical (unpaired) electrons. The van der Waals surface area contributed by atoms with Gasteiger partial charge in [0.25, 0.3) is 0 Å². The summed E-state index contributed by atoms with van der Waals surface area (Å²) >= 11 is 0. The smallest absolute Gasteiger partial charge is 0.194 e. The van der Waals surface area contributed by atoms with E-state index >= 15 is 0 Å². The molecule has 0 aliphatic carbocycles. The van der Waals surface area contributed by atoms with Crippen LogP contribution in [0.4, 0.5) is 5.69 Å². The molecular weight excluding hydrogens is 1790 g/mol. The quantitative estimate of drug-likeness (QED) is 0.106. The van der Waals surface area contributed by atoms with Crippen LogP contribution in [0.1, 0.15) is 33.4 Å². The summed E-state index contributed by atoms with van der Waals surface area (Å²) in [5.74, 6) is 4.61. The minimum atomic E-state index is 0.545. The zero-order valence-corrected chi connectivity index (χ0v) is 77.9. The van der Waals surface area contributed by atoms with Gasteiger partial charge in [0.2, 0.25) is 0 Å². The van der Waals surface area contributed by atoms with Crippen LogP contribution in [0, 0.1) is 74.6 Å². The fraction of sp³-hybridized carbons (Fsp3) is 0. The Balaban J connectivity index is 0.000000114. The topological polar surface area (TPSA) is 215 Å². The predicted molar refractivity (Wildman–Crippen MR) is 586 cm³/mol. The molecule has 9 heterocycles. The first kappa shape index (κ1) is 86.2. The van der Waals surface area contributed by atoms with Gasteiger partial charge in [0.05, 0.1) is 143 Å². The Labute approximate surface area is 836 Å². The van der Waals surface area contributed by atoms with Gasteiger partial charge in [-0.1, -0.05) is 249 Å². The van der Waals surface area contributed by atoms with Gasteiger partial charge in [-0.15, -0.1) is 0 Å². The average molecular weight is 1860 g/mol. The number of rotatable bonds is 12. The van der Waals surface area contributed by atoms with Gasteiger partial charge < -0.3 is 0 Å². The first-order valence-electron chi connectivity index (χ1n) is 47.6. The van der Waals surface area contributed by atoms with Crippen LogP contribution in [0.3, 0.4) is 0 Å². The van der Waals surface area contributed by atoms with Crippen molar-refractivity contribution in [3.05, 3.63) is 494 Å². The summed E-state index contributed by atoms with van der Waals surface area (Å²) in [5, 5.41) is 70.7. The van der Waals surface area contributed by atoms with Gasteiger partial charge in [-0.3, -0.25) is 27.4 Å². The van der Waals surface area contributed by atoms with E-state index in [4.69, 9.17) is 21.5 Å². The molecule has 146 heavy (non-hydrogen) atoms. The number of nitriles is 6. The lowest BCUT2D eigenvalue weighted by atomic mass is 9.98. The molecule has 27 aromatic rings. The minimum Gasteiger partial charge on any atom is -0.294 e. The van der Waals surface area contributed by atoms with E-state index in [-0.39, 0.29) is 0 Å². The van der Waals surface area contributed by atoms with Crippen molar-refractivity contribution in [2.75, 3.05) is 0 Å². The molecule has 0 N–H and O–H groups in total. The second-order valence-electron chi connectivity index (χ2n) is 36.0. The van der Waals surface area contributed by atoms with Crippen molar-refractivity contribution in [1.82, 2.24) is 42.4 Å². The molecule has 16 nitrogen and oxygen atoms in total. The largest absolute Gasteiger partial charge is 0.294 e. The number of hydrogen-bond donors (Lipinski definition) is 0. The Kier molecular flexibility index (Phi) is 21.2. The number of hydrogen-bond acceptors (Lipinski definition) is 9. The molecule has 674 valence electrons. The summed E-state index contributed by atoms with van der Waals surface area (Å²) in [5.41, 5.74) is 28.4. The Bertz CT molecular complexity index is 10300. The zero-order chi connectivity index (χ0) is 98.2. The fourth-order valence-corrected chi connectivity index (χ4v) is 21.1. The molecule has 0 atom stereocenters. The third kappa shape index (κ3) is 14.8. The molecule has 18 aromatic carbocycles. The third-order valence-electron chi connectivity index (χ3n) is 27.7. The molecule has 0 aliphatic rings. The average Bonchev–Trinajstić information content (AvgIpc) is 1.57. The fourth-order valence-electron chi connectivity index (χ4n) is 21.1. The molecule has 0 unspecified atom stereocenters. The lowest BCUT2D eigenvalue weighted by Gasteiger charge is -2.15. The molecule has 16 heteroatoms. The summed E-state index contributed by atoms with van der Waals surface area (Å²) in [6, 6.07) is 165. The van der Waals surface area contributed by atoms with Gasteiger partial charge in [-0.05, 0) is 267 Å². The standard InChI is InChI=1S/C44H24N6.2C43H25N5/c1-47-38-14-5-2-11-33(38)31-10-8-9-30(23-31)32-24-43(49-39-15-6-3-12-34(39)35-13-4-7-16-40(35)49)48-44(25-32)50-41-19-17-28(26-45)21-36(41)37-22-29(27-46)18-20-42(37)50;44-26-28-9-7-10-30(21-28)31-11-8-12-32(23-31)33-24-42(47-38-16-4-1-13-34(38)35-14-2-5-17-39(35)47)46-43(25-33)48-40-18-6-3-15-36(40)37-22-29(27-45)19-20-41(37)48;44-26-28-16-19-30(20-17-28)31-8-7-9-32(23-31)33-24-42(47-38-13-4-1-10-34(38)35-11-2-5-14-39(35)47)46-43(25-33)48-40-15-6-3-12-36(40)37-22-29(27-45)18-21-41(37)48/h2-25H;2*1-25H. The maximum absolute atomic E-state index is 9.77. The second-order valence-corrected chi connectivity index (χ2v) is 36.0. The van der Waals surface area contributed by atoms with Crippen LogP contribution >= 0.6 is 0 Å². The van der Waals surface area contributed by atoms with Crippen LogP contribution < -0.4 is 0 Å². The van der Waals surface area contributed by atoms with Crippen LogP contribution in [0.25, 0.3) is 237 Å². The van der Waals surface area contributed by atoms with E-state index in [2.05, 4.69) is 323 Å². The molecule has 0 spiro atoms. The molecule has 0 amide bonds. The highest BCUT2D eigenvalue weighted by Crippen LogP contribution is 2.45. The summed E-state index contributed by atoms with van der Waals surface area (Å²) in [7, 11) is 0. The van der Waals surface area contributed by atoms with Gasteiger partial charge in [-0.2, -0.15) is 31.6 Å². The maximum Gasteiger partial charge on any atom is 0.194 e. The molecule has 0 fully saturated rings. The number of aromatic nitrogens is 9. The van der Waals surface area contributed by atoms with Crippen LogP contribution in [0.15, 0.2) is 449 Å². The predicted octanol–water partition coefficient (Wildman–Crippen LogP) is 31.6. The molecular formula is C130H74N16. The highest BCUT2D eigenvalue weighted by atomic mass is 15.2. The van der Waals surface area contributed by atoms with Crippen molar-refractivity contribution in [3.63, 3.8) is 0 Å². The number of nitrogens with zero attached hydrogens (tertiary/aromatic N) is 16.